The molecule has 5 atom stereocenters. The van der Waals surface area contributed by atoms with Gasteiger partial charge in [0.05, 0.1) is 31.5 Å². The molecule has 2 aliphatic rings. The van der Waals surface area contributed by atoms with Crippen LogP contribution in [0.4, 0.5) is 4.79 Å². The van der Waals surface area contributed by atoms with E-state index >= 15 is 0 Å². The summed E-state index contributed by atoms with van der Waals surface area (Å²) in [6, 6.07) is 15.0. The molecule has 5 unspecified atom stereocenters. The van der Waals surface area contributed by atoms with Gasteiger partial charge in [0.1, 0.15) is 40.8 Å². The fraction of sp³-hybridized carbons (Fsp3) is 0.452. The van der Waals surface area contributed by atoms with Gasteiger partial charge in [0, 0.05) is 35.4 Å². The number of alkyl carbamates (subject to hydrolysis) is 1. The quantitative estimate of drug-likeness (QED) is 0.0953. The first-order valence-corrected chi connectivity index (χ1v) is 18.6. The number of nitrogens with one attached hydrogen (secondary N) is 2. The summed E-state index contributed by atoms with van der Waals surface area (Å²) in [5.41, 5.74) is 0.136. The number of hydrogen-bond donors (Lipinski definition) is 2. The van der Waals surface area contributed by atoms with Crippen molar-refractivity contribution >= 4 is 34.8 Å². The maximum atomic E-state index is 14.6. The number of methoxy groups -OCH3 is 1. The number of rotatable bonds is 16. The number of unbranched alkanes of at least 4 members (excludes halogenated alkanes) is 2. The third-order valence-electron chi connectivity index (χ3n) is 9.62. The van der Waals surface area contributed by atoms with Crippen LogP contribution in [0.1, 0.15) is 66.2 Å². The largest absolute Gasteiger partial charge is 0.497 e. The molecular weight excluding hydrogens is 688 g/mol. The number of carbonyl (C=O) groups excluding carboxylic acids is 4. The van der Waals surface area contributed by atoms with Gasteiger partial charge in [0.15, 0.2) is 0 Å². The van der Waals surface area contributed by atoms with E-state index in [4.69, 9.17) is 23.9 Å². The number of ether oxygens (including phenoxy) is 4. The van der Waals surface area contributed by atoms with Crippen molar-refractivity contribution in [1.82, 2.24) is 20.5 Å². The monoisotopic (exact) mass is 740 g/mol. The first kappa shape index (κ1) is 39.8. The minimum atomic E-state index is -1.27. The van der Waals surface area contributed by atoms with E-state index in [0.717, 1.165) is 23.8 Å². The van der Waals surface area contributed by atoms with Gasteiger partial charge in [-0.05, 0) is 65.5 Å². The minimum absolute atomic E-state index is 0.0357. The number of fused-ring (bicyclic) bond motifs is 1. The van der Waals surface area contributed by atoms with Crippen molar-refractivity contribution in [1.29, 1.82) is 0 Å². The molecule has 1 aliphatic carbocycles. The average Bonchev–Trinajstić information content (AvgIpc) is 3.70. The van der Waals surface area contributed by atoms with Crippen LogP contribution in [0.15, 0.2) is 79.9 Å². The summed E-state index contributed by atoms with van der Waals surface area (Å²) in [5.74, 6) is -0.702. The van der Waals surface area contributed by atoms with E-state index in [1.165, 1.54) is 4.90 Å². The van der Waals surface area contributed by atoms with Crippen LogP contribution in [0.25, 0.3) is 22.2 Å². The van der Waals surface area contributed by atoms with Crippen molar-refractivity contribution in [3.05, 3.63) is 79.9 Å². The maximum absolute atomic E-state index is 14.6. The molecule has 3 aromatic rings. The molecule has 3 amide bonds. The Morgan fingerprint density at radius 2 is 1.83 bits per heavy atom. The van der Waals surface area contributed by atoms with Crippen LogP contribution in [0, 0.1) is 5.92 Å². The average molecular weight is 741 g/mol. The van der Waals surface area contributed by atoms with Gasteiger partial charge in [-0.2, -0.15) is 0 Å². The van der Waals surface area contributed by atoms with Gasteiger partial charge < -0.3 is 34.5 Å². The molecule has 0 spiro atoms. The van der Waals surface area contributed by atoms with E-state index in [-0.39, 0.29) is 25.5 Å². The van der Waals surface area contributed by atoms with Crippen LogP contribution in [0.5, 0.6) is 11.5 Å². The number of benzene rings is 2. The summed E-state index contributed by atoms with van der Waals surface area (Å²) in [6.45, 7) is 14.7. The molecule has 0 bridgehead atoms. The molecule has 1 saturated heterocycles. The molecule has 288 valence electrons. The molecule has 12 heteroatoms. The number of nitrogens with zero attached hydrogens (tertiary/aromatic N) is 2. The fourth-order valence-corrected chi connectivity index (χ4v) is 6.82. The van der Waals surface area contributed by atoms with E-state index in [1.807, 2.05) is 54.6 Å². The van der Waals surface area contributed by atoms with E-state index in [0.29, 0.717) is 42.0 Å². The van der Waals surface area contributed by atoms with Gasteiger partial charge in [-0.15, -0.1) is 13.2 Å². The van der Waals surface area contributed by atoms with Crippen molar-refractivity contribution in [2.75, 3.05) is 20.3 Å². The van der Waals surface area contributed by atoms with Gasteiger partial charge in [-0.25, -0.2) is 14.6 Å². The summed E-state index contributed by atoms with van der Waals surface area (Å²) in [5, 5.41) is 6.42. The SMILES string of the molecule is C=CCCCCC(NC(=O)OC(C)(C)C)C(=O)N1CC(Oc2cc(-c3ccccc3)nc3cc(OC)ccc23)CC1C(=O)NC1(C(=O)OCC)CC1C=C. The molecule has 2 fully saturated rings. The van der Waals surface area contributed by atoms with Gasteiger partial charge in [0.25, 0.3) is 0 Å². The molecule has 0 radical (unpaired) electrons. The fourth-order valence-electron chi connectivity index (χ4n) is 6.82. The summed E-state index contributed by atoms with van der Waals surface area (Å²) in [6.07, 6.45) is 4.93. The van der Waals surface area contributed by atoms with E-state index in [9.17, 15) is 19.2 Å². The van der Waals surface area contributed by atoms with Gasteiger partial charge in [-0.1, -0.05) is 48.9 Å². The first-order valence-electron chi connectivity index (χ1n) is 18.6. The predicted octanol–water partition coefficient (Wildman–Crippen LogP) is 6.52. The van der Waals surface area contributed by atoms with Crippen LogP contribution in [0.3, 0.4) is 0 Å². The van der Waals surface area contributed by atoms with E-state index in [2.05, 4.69) is 23.8 Å². The normalized spacial score (nSPS) is 21.1. The highest BCUT2D eigenvalue weighted by Gasteiger charge is 2.62. The lowest BCUT2D eigenvalue weighted by atomic mass is 10.1. The van der Waals surface area contributed by atoms with Crippen LogP contribution in [-0.2, 0) is 23.9 Å². The van der Waals surface area contributed by atoms with Crippen molar-refractivity contribution in [2.45, 2.75) is 95.5 Å². The zero-order valence-corrected chi connectivity index (χ0v) is 31.9. The summed E-state index contributed by atoms with van der Waals surface area (Å²) < 4.78 is 23.1. The third-order valence-corrected chi connectivity index (χ3v) is 9.62. The second kappa shape index (κ2) is 17.2. The summed E-state index contributed by atoms with van der Waals surface area (Å²) in [7, 11) is 1.59. The molecule has 2 N–H and O–H groups in total. The number of likely N-dealkylation sites (tertiary alicyclic amines) is 1. The summed E-state index contributed by atoms with van der Waals surface area (Å²) >= 11 is 0. The van der Waals surface area contributed by atoms with Crippen molar-refractivity contribution in [3.63, 3.8) is 0 Å². The second-order valence-electron chi connectivity index (χ2n) is 14.7. The third kappa shape index (κ3) is 9.39. The van der Waals surface area contributed by atoms with Gasteiger partial charge >= 0.3 is 12.1 Å². The molecule has 2 heterocycles. The number of pyridine rings is 1. The smallest absolute Gasteiger partial charge is 0.408 e. The Morgan fingerprint density at radius 3 is 2.48 bits per heavy atom. The number of aromatic nitrogens is 1. The van der Waals surface area contributed by atoms with Crippen molar-refractivity contribution < 1.29 is 38.1 Å². The van der Waals surface area contributed by atoms with Crippen LogP contribution in [0.2, 0.25) is 0 Å². The maximum Gasteiger partial charge on any atom is 0.408 e. The Bertz CT molecular complexity index is 1860. The minimum Gasteiger partial charge on any atom is -0.497 e. The molecule has 1 saturated carbocycles. The number of allylic oxidation sites excluding steroid dienone is 1. The highest BCUT2D eigenvalue weighted by atomic mass is 16.6. The van der Waals surface area contributed by atoms with Crippen molar-refractivity contribution in [3.8, 4) is 22.8 Å². The van der Waals surface area contributed by atoms with E-state index < -0.39 is 53.2 Å². The molecule has 12 nitrogen and oxygen atoms in total. The van der Waals surface area contributed by atoms with Crippen LogP contribution < -0.4 is 20.1 Å². The van der Waals surface area contributed by atoms with Crippen LogP contribution >= 0.6 is 0 Å². The molecular formula is C42H52N4O8. The highest BCUT2D eigenvalue weighted by molar-refractivity contribution is 5.97. The Kier molecular flexibility index (Phi) is 12.7. The topological polar surface area (TPSA) is 145 Å². The first-order chi connectivity index (χ1) is 25.8. The molecule has 5 rings (SSSR count). The summed E-state index contributed by atoms with van der Waals surface area (Å²) in [4.78, 5) is 61.3. The Hall–Kier alpha value is -5.39. The van der Waals surface area contributed by atoms with Gasteiger partial charge in [-0.3, -0.25) is 9.59 Å². The molecule has 2 aromatic carbocycles. The molecule has 1 aromatic heterocycles. The van der Waals surface area contributed by atoms with E-state index in [1.54, 1.807) is 47.0 Å². The Labute approximate surface area is 317 Å². The van der Waals surface area contributed by atoms with Gasteiger partial charge in [0.2, 0.25) is 11.8 Å². The molecule has 54 heavy (non-hydrogen) atoms. The number of esters is 1. The Morgan fingerprint density at radius 1 is 1.07 bits per heavy atom. The predicted molar refractivity (Wildman–Crippen MR) is 206 cm³/mol. The lowest BCUT2D eigenvalue weighted by Gasteiger charge is -2.30. The zero-order valence-electron chi connectivity index (χ0n) is 31.9. The second-order valence-corrected chi connectivity index (χ2v) is 14.7. The molecule has 1 aliphatic heterocycles. The lowest BCUT2D eigenvalue weighted by molar-refractivity contribution is -0.150. The highest BCUT2D eigenvalue weighted by Crippen LogP contribution is 2.46. The number of hydrogen-bond acceptors (Lipinski definition) is 9. The lowest BCUT2D eigenvalue weighted by Crippen LogP contribution is -2.56. The zero-order chi connectivity index (χ0) is 39.0. The van der Waals surface area contributed by atoms with Crippen molar-refractivity contribution in [2.24, 2.45) is 5.92 Å². The van der Waals surface area contributed by atoms with Crippen LogP contribution in [-0.4, -0.2) is 83.3 Å². The number of carbonyl (C=O) groups is 4. The Balaban J connectivity index is 1.49. The number of amides is 3. The standard InChI is InChI=1S/C42H52N4O8/c1-8-11-12-16-19-32(44-40(50)54-41(4,5)6)38(48)46-26-30(23-35(46)37(47)45-42(25-28(42)9-2)39(49)52-10-3)53-36-24-33(27-17-14-13-15-18-27)43-34-22-29(51-7)20-21-31(34)36/h8-9,13-15,17-18,20-22,24,28,30,32,35H,1-2,10-12,16,19,23,25-26H2,3-7H3,(H,44,50)(H,45,47).